The Labute approximate surface area is 92.9 Å². The molecule has 0 atom stereocenters. The van der Waals surface area contributed by atoms with Gasteiger partial charge >= 0.3 is 6.09 Å². The molecule has 1 fully saturated rings. The third kappa shape index (κ3) is 2.11. The lowest BCUT2D eigenvalue weighted by molar-refractivity contribution is -0.116. The topological polar surface area (TPSA) is 55.4 Å². The Bertz CT molecular complexity index is 483. The van der Waals surface area contributed by atoms with Crippen molar-refractivity contribution in [2.24, 2.45) is 0 Å². The molecule has 2 rings (SSSR count). The van der Waals surface area contributed by atoms with Crippen LogP contribution in [0.3, 0.4) is 0 Å². The molecule has 4 heteroatoms. The summed E-state index contributed by atoms with van der Waals surface area (Å²) in [4.78, 5) is 22.0. The van der Waals surface area contributed by atoms with E-state index >= 15 is 0 Å². The number of rotatable bonds is 1. The molecule has 2 amide bonds. The summed E-state index contributed by atoms with van der Waals surface area (Å²) in [5, 5.41) is 2.05. The summed E-state index contributed by atoms with van der Waals surface area (Å²) < 4.78 is 4.72. The summed E-state index contributed by atoms with van der Waals surface area (Å²) >= 11 is 0. The minimum absolute atomic E-state index is 0.0370. The number of amides is 2. The standard InChI is InChI=1S/C12H11NO3/c1-7-3-8(2)5-9(4-7)6-10-11(14)13-12(15)16-10/h3-6H,1-2H3,(H,13,14,15)/b10-6-. The average molecular weight is 217 g/mol. The molecule has 0 spiro atoms. The summed E-state index contributed by atoms with van der Waals surface area (Å²) in [6, 6.07) is 5.86. The Balaban J connectivity index is 2.36. The highest BCUT2D eigenvalue weighted by atomic mass is 16.6. The summed E-state index contributed by atoms with van der Waals surface area (Å²) in [7, 11) is 0. The van der Waals surface area contributed by atoms with Gasteiger partial charge in [-0.3, -0.25) is 10.1 Å². The number of ether oxygens (including phenoxy) is 1. The summed E-state index contributed by atoms with van der Waals surface area (Å²) in [6.07, 6.45) is 0.834. The maximum Gasteiger partial charge on any atom is 0.419 e. The molecular weight excluding hydrogens is 206 g/mol. The lowest BCUT2D eigenvalue weighted by atomic mass is 10.1. The molecule has 1 N–H and O–H groups in total. The average Bonchev–Trinajstić information content (AvgIpc) is 2.43. The summed E-state index contributed by atoms with van der Waals surface area (Å²) in [5.41, 5.74) is 3.03. The first-order valence-corrected chi connectivity index (χ1v) is 4.88. The van der Waals surface area contributed by atoms with Gasteiger partial charge in [-0.2, -0.15) is 0 Å². The molecule has 1 aliphatic heterocycles. The van der Waals surface area contributed by atoms with Gasteiger partial charge in [-0.05, 0) is 25.5 Å². The molecule has 82 valence electrons. The number of carbonyl (C=O) groups excluding carboxylic acids is 2. The quantitative estimate of drug-likeness (QED) is 0.731. The monoisotopic (exact) mass is 217 g/mol. The van der Waals surface area contributed by atoms with Crippen LogP contribution in [0.15, 0.2) is 24.0 Å². The van der Waals surface area contributed by atoms with Crippen LogP contribution in [-0.2, 0) is 9.53 Å². The molecule has 16 heavy (non-hydrogen) atoms. The van der Waals surface area contributed by atoms with E-state index in [4.69, 9.17) is 4.74 Å². The van der Waals surface area contributed by atoms with Gasteiger partial charge in [-0.15, -0.1) is 0 Å². The molecule has 0 saturated carbocycles. The van der Waals surface area contributed by atoms with Gasteiger partial charge in [0.15, 0.2) is 5.76 Å². The Morgan fingerprint density at radius 1 is 1.12 bits per heavy atom. The number of hydrogen-bond donors (Lipinski definition) is 1. The molecule has 1 heterocycles. The second-order valence-electron chi connectivity index (χ2n) is 3.77. The van der Waals surface area contributed by atoms with Crippen molar-refractivity contribution in [3.05, 3.63) is 40.6 Å². The minimum Gasteiger partial charge on any atom is -0.404 e. The van der Waals surface area contributed by atoms with Crippen molar-refractivity contribution in [2.75, 3.05) is 0 Å². The van der Waals surface area contributed by atoms with Crippen LogP contribution in [0.1, 0.15) is 16.7 Å². The number of cyclic esters (lactones) is 1. The predicted octanol–water partition coefficient (Wildman–Crippen LogP) is 1.91. The van der Waals surface area contributed by atoms with E-state index in [1.807, 2.05) is 37.4 Å². The van der Waals surface area contributed by atoms with Crippen molar-refractivity contribution in [1.29, 1.82) is 0 Å². The molecule has 0 unspecified atom stereocenters. The Hall–Kier alpha value is -2.10. The molecule has 0 bridgehead atoms. The van der Waals surface area contributed by atoms with Gasteiger partial charge in [0, 0.05) is 0 Å². The number of benzene rings is 1. The second kappa shape index (κ2) is 3.81. The van der Waals surface area contributed by atoms with E-state index in [0.717, 1.165) is 16.7 Å². The largest absolute Gasteiger partial charge is 0.419 e. The van der Waals surface area contributed by atoms with Gasteiger partial charge in [0.05, 0.1) is 0 Å². The molecule has 1 aromatic carbocycles. The van der Waals surface area contributed by atoms with Gasteiger partial charge in [-0.25, -0.2) is 4.79 Å². The van der Waals surface area contributed by atoms with Crippen LogP contribution in [0.5, 0.6) is 0 Å². The van der Waals surface area contributed by atoms with Crippen LogP contribution in [0.25, 0.3) is 6.08 Å². The van der Waals surface area contributed by atoms with Gasteiger partial charge < -0.3 is 4.74 Å². The molecule has 0 aliphatic carbocycles. The molecule has 1 aliphatic rings. The van der Waals surface area contributed by atoms with Crippen LogP contribution in [0.4, 0.5) is 4.79 Å². The lowest BCUT2D eigenvalue weighted by Gasteiger charge is -2.00. The molecule has 0 aromatic heterocycles. The van der Waals surface area contributed by atoms with Crippen LogP contribution < -0.4 is 5.32 Å². The highest BCUT2D eigenvalue weighted by molar-refractivity contribution is 6.09. The number of alkyl carbamates (subject to hydrolysis) is 1. The summed E-state index contributed by atoms with van der Waals surface area (Å²) in [6.45, 7) is 3.94. The van der Waals surface area contributed by atoms with Gasteiger partial charge in [0.2, 0.25) is 0 Å². The third-order valence-electron chi connectivity index (χ3n) is 2.18. The van der Waals surface area contributed by atoms with Crippen molar-refractivity contribution in [3.63, 3.8) is 0 Å². The number of nitrogens with one attached hydrogen (secondary N) is 1. The number of hydrogen-bond acceptors (Lipinski definition) is 3. The van der Waals surface area contributed by atoms with Crippen LogP contribution in [0, 0.1) is 13.8 Å². The van der Waals surface area contributed by atoms with Crippen molar-refractivity contribution >= 4 is 18.1 Å². The highest BCUT2D eigenvalue weighted by Gasteiger charge is 2.25. The van der Waals surface area contributed by atoms with Crippen LogP contribution in [0.2, 0.25) is 0 Å². The first-order chi connectivity index (χ1) is 7.54. The van der Waals surface area contributed by atoms with Gasteiger partial charge in [-0.1, -0.05) is 29.3 Å². The number of imide groups is 1. The van der Waals surface area contributed by atoms with E-state index in [1.165, 1.54) is 0 Å². The van der Waals surface area contributed by atoms with Crippen LogP contribution >= 0.6 is 0 Å². The van der Waals surface area contributed by atoms with Crippen molar-refractivity contribution in [1.82, 2.24) is 5.32 Å². The predicted molar refractivity (Wildman–Crippen MR) is 58.5 cm³/mol. The van der Waals surface area contributed by atoms with E-state index in [9.17, 15) is 9.59 Å². The zero-order valence-electron chi connectivity index (χ0n) is 9.03. The molecule has 1 saturated heterocycles. The maximum atomic E-state index is 11.2. The molecule has 0 radical (unpaired) electrons. The van der Waals surface area contributed by atoms with Crippen LogP contribution in [-0.4, -0.2) is 12.0 Å². The second-order valence-corrected chi connectivity index (χ2v) is 3.77. The van der Waals surface area contributed by atoms with Gasteiger partial charge in [0.25, 0.3) is 5.91 Å². The Kier molecular flexibility index (Phi) is 2.48. The molecule has 4 nitrogen and oxygen atoms in total. The van der Waals surface area contributed by atoms with E-state index in [1.54, 1.807) is 6.08 Å². The van der Waals surface area contributed by atoms with E-state index in [-0.39, 0.29) is 5.76 Å². The molecule has 1 aromatic rings. The maximum absolute atomic E-state index is 11.2. The fourth-order valence-electron chi connectivity index (χ4n) is 1.67. The highest BCUT2D eigenvalue weighted by Crippen LogP contribution is 2.15. The van der Waals surface area contributed by atoms with Crippen molar-refractivity contribution in [2.45, 2.75) is 13.8 Å². The molecular formula is C12H11NO3. The minimum atomic E-state index is -0.722. The zero-order chi connectivity index (χ0) is 11.7. The summed E-state index contributed by atoms with van der Waals surface area (Å²) in [5.74, 6) is -0.459. The number of carbonyl (C=O) groups is 2. The van der Waals surface area contributed by atoms with E-state index < -0.39 is 12.0 Å². The fourth-order valence-corrected chi connectivity index (χ4v) is 1.67. The first-order valence-electron chi connectivity index (χ1n) is 4.88. The first kappa shape index (κ1) is 10.4. The lowest BCUT2D eigenvalue weighted by Crippen LogP contribution is -2.18. The Morgan fingerprint density at radius 2 is 1.75 bits per heavy atom. The Morgan fingerprint density at radius 3 is 2.25 bits per heavy atom. The number of aryl methyl sites for hydroxylation is 2. The van der Waals surface area contributed by atoms with Crippen molar-refractivity contribution in [3.8, 4) is 0 Å². The van der Waals surface area contributed by atoms with E-state index in [0.29, 0.717) is 0 Å². The van der Waals surface area contributed by atoms with Gasteiger partial charge in [0.1, 0.15) is 0 Å². The van der Waals surface area contributed by atoms with E-state index in [2.05, 4.69) is 0 Å². The van der Waals surface area contributed by atoms with Crippen molar-refractivity contribution < 1.29 is 14.3 Å². The fraction of sp³-hybridized carbons (Fsp3) is 0.167. The SMILES string of the molecule is Cc1cc(C)cc(/C=C2\OC(=O)NC2=O)c1. The normalized spacial score (nSPS) is 17.5. The smallest absolute Gasteiger partial charge is 0.404 e. The zero-order valence-corrected chi connectivity index (χ0v) is 9.03. The third-order valence-corrected chi connectivity index (χ3v) is 2.18.